The molecule has 0 radical (unpaired) electrons. The Morgan fingerprint density at radius 3 is 2.39 bits per heavy atom. The molecule has 1 aromatic carbocycles. The number of carbonyl (C=O) groups is 1. The van der Waals surface area contributed by atoms with E-state index in [9.17, 15) is 14.3 Å². The lowest BCUT2D eigenvalue weighted by Crippen LogP contribution is -2.64. The standard InChI is InChI=1S/C22H34FN3O2/c1-20(2)12-18(13-21(3,4)25-20)24-15-22(28)10-5-11-26(19(22)27)14-16-6-8-17(23)9-7-16/h6-9,18,24-25,28H,5,10-15H2,1-4H3/t22-/m0/s1. The van der Waals surface area contributed by atoms with Gasteiger partial charge in [-0.15, -0.1) is 0 Å². The van der Waals surface area contributed by atoms with Crippen LogP contribution >= 0.6 is 0 Å². The van der Waals surface area contributed by atoms with E-state index in [-0.39, 0.29) is 35.4 Å². The molecule has 3 N–H and O–H groups in total. The summed E-state index contributed by atoms with van der Waals surface area (Å²) in [5.41, 5.74) is -0.494. The van der Waals surface area contributed by atoms with Gasteiger partial charge in [0.1, 0.15) is 5.82 Å². The van der Waals surface area contributed by atoms with Crippen molar-refractivity contribution in [3.63, 3.8) is 0 Å². The van der Waals surface area contributed by atoms with E-state index in [1.165, 1.54) is 12.1 Å². The van der Waals surface area contributed by atoms with Gasteiger partial charge in [0.15, 0.2) is 5.60 Å². The van der Waals surface area contributed by atoms with E-state index in [0.29, 0.717) is 19.5 Å². The van der Waals surface area contributed by atoms with Crippen molar-refractivity contribution in [1.82, 2.24) is 15.5 Å². The van der Waals surface area contributed by atoms with Gasteiger partial charge in [-0.05, 0) is 71.1 Å². The Labute approximate surface area is 167 Å². The Bertz CT molecular complexity index is 688. The van der Waals surface area contributed by atoms with Crippen molar-refractivity contribution in [2.24, 2.45) is 0 Å². The second-order valence-corrected chi connectivity index (χ2v) is 9.87. The molecule has 0 aromatic heterocycles. The third-order valence-electron chi connectivity index (χ3n) is 5.86. The van der Waals surface area contributed by atoms with Crippen LogP contribution in [0.15, 0.2) is 24.3 Å². The number of hydrogen-bond donors (Lipinski definition) is 3. The smallest absolute Gasteiger partial charge is 0.256 e. The lowest BCUT2D eigenvalue weighted by atomic mass is 9.79. The summed E-state index contributed by atoms with van der Waals surface area (Å²) >= 11 is 0. The van der Waals surface area contributed by atoms with Crippen LogP contribution in [-0.4, -0.2) is 51.7 Å². The number of carbonyl (C=O) groups excluding carboxylic acids is 1. The van der Waals surface area contributed by atoms with Crippen LogP contribution < -0.4 is 10.6 Å². The van der Waals surface area contributed by atoms with Crippen molar-refractivity contribution in [3.8, 4) is 0 Å². The predicted molar refractivity (Wildman–Crippen MR) is 108 cm³/mol. The second kappa shape index (κ2) is 7.73. The van der Waals surface area contributed by atoms with E-state index in [1.54, 1.807) is 17.0 Å². The number of aliphatic hydroxyl groups is 1. The highest BCUT2D eigenvalue weighted by Gasteiger charge is 2.44. The fraction of sp³-hybridized carbons (Fsp3) is 0.682. The molecule has 156 valence electrons. The zero-order valence-electron chi connectivity index (χ0n) is 17.5. The number of likely N-dealkylation sites (tertiary alicyclic amines) is 1. The van der Waals surface area contributed by atoms with E-state index >= 15 is 0 Å². The van der Waals surface area contributed by atoms with Crippen molar-refractivity contribution in [2.45, 2.75) is 82.6 Å². The van der Waals surface area contributed by atoms with Crippen molar-refractivity contribution >= 4 is 5.91 Å². The molecule has 1 atom stereocenters. The van der Waals surface area contributed by atoms with Crippen LogP contribution in [0.2, 0.25) is 0 Å². The molecule has 2 aliphatic heterocycles. The van der Waals surface area contributed by atoms with Crippen LogP contribution in [0.3, 0.4) is 0 Å². The Morgan fingerprint density at radius 2 is 1.79 bits per heavy atom. The normalized spacial score (nSPS) is 27.8. The molecule has 6 heteroatoms. The molecule has 0 unspecified atom stereocenters. The van der Waals surface area contributed by atoms with Gasteiger partial charge in [-0.3, -0.25) is 4.79 Å². The van der Waals surface area contributed by atoms with Crippen molar-refractivity contribution in [3.05, 3.63) is 35.6 Å². The summed E-state index contributed by atoms with van der Waals surface area (Å²) in [5.74, 6) is -0.523. The minimum absolute atomic E-state index is 0.00717. The summed E-state index contributed by atoms with van der Waals surface area (Å²) in [6.45, 7) is 10.0. The van der Waals surface area contributed by atoms with Crippen molar-refractivity contribution in [2.75, 3.05) is 13.1 Å². The molecule has 1 amide bonds. The van der Waals surface area contributed by atoms with Crippen LogP contribution in [0.1, 0.15) is 58.9 Å². The third-order valence-corrected chi connectivity index (χ3v) is 5.86. The highest BCUT2D eigenvalue weighted by molar-refractivity contribution is 5.86. The first-order chi connectivity index (χ1) is 13.0. The first-order valence-corrected chi connectivity index (χ1v) is 10.3. The zero-order chi connectivity index (χ0) is 20.6. The van der Waals surface area contributed by atoms with E-state index < -0.39 is 5.60 Å². The third kappa shape index (κ3) is 5.10. The number of nitrogens with zero attached hydrogens (tertiary/aromatic N) is 1. The molecule has 2 fully saturated rings. The summed E-state index contributed by atoms with van der Waals surface area (Å²) < 4.78 is 13.1. The molecule has 5 nitrogen and oxygen atoms in total. The average Bonchev–Trinajstić information content (AvgIpc) is 2.57. The Morgan fingerprint density at radius 1 is 1.18 bits per heavy atom. The molecule has 0 aliphatic carbocycles. The Balaban J connectivity index is 1.62. The monoisotopic (exact) mass is 391 g/mol. The SMILES string of the molecule is CC1(C)CC(NC[C@@]2(O)CCCN(Cc3ccc(F)cc3)C2=O)CC(C)(C)N1. The van der Waals surface area contributed by atoms with E-state index in [1.807, 2.05) is 0 Å². The van der Waals surface area contributed by atoms with E-state index in [4.69, 9.17) is 0 Å². The van der Waals surface area contributed by atoms with Gasteiger partial charge >= 0.3 is 0 Å². The molecule has 0 spiro atoms. The van der Waals surface area contributed by atoms with E-state index in [2.05, 4.69) is 38.3 Å². The fourth-order valence-electron chi connectivity index (χ4n) is 4.97. The van der Waals surface area contributed by atoms with Crippen LogP contribution in [-0.2, 0) is 11.3 Å². The first kappa shape index (κ1) is 21.2. The number of nitrogens with one attached hydrogen (secondary N) is 2. The van der Waals surface area contributed by atoms with Crippen LogP contribution in [0.5, 0.6) is 0 Å². The van der Waals surface area contributed by atoms with Crippen molar-refractivity contribution in [1.29, 1.82) is 0 Å². The molecule has 3 rings (SSSR count). The highest BCUT2D eigenvalue weighted by Crippen LogP contribution is 2.30. The lowest BCUT2D eigenvalue weighted by Gasteiger charge is -2.47. The highest BCUT2D eigenvalue weighted by atomic mass is 19.1. The maximum absolute atomic E-state index is 13.1. The predicted octanol–water partition coefficient (Wildman–Crippen LogP) is 2.58. The largest absolute Gasteiger partial charge is 0.379 e. The van der Waals surface area contributed by atoms with Gasteiger partial charge in [-0.2, -0.15) is 0 Å². The molecule has 1 aromatic rings. The van der Waals surface area contributed by atoms with Crippen LogP contribution in [0, 0.1) is 5.82 Å². The van der Waals surface area contributed by atoms with Gasteiger partial charge in [0.05, 0.1) is 0 Å². The zero-order valence-corrected chi connectivity index (χ0v) is 17.5. The molecule has 2 heterocycles. The molecular formula is C22H34FN3O2. The number of halogens is 1. The number of amides is 1. The maximum Gasteiger partial charge on any atom is 0.256 e. The molecule has 0 bridgehead atoms. The summed E-state index contributed by atoms with van der Waals surface area (Å²) in [7, 11) is 0. The van der Waals surface area contributed by atoms with Gasteiger partial charge in [0.25, 0.3) is 5.91 Å². The number of rotatable bonds is 5. The summed E-state index contributed by atoms with van der Waals surface area (Å²) in [5, 5.41) is 18.2. The summed E-state index contributed by atoms with van der Waals surface area (Å²) in [6.07, 6.45) is 3.12. The summed E-state index contributed by atoms with van der Waals surface area (Å²) in [6, 6.07) is 6.42. The molecular weight excluding hydrogens is 357 g/mol. The summed E-state index contributed by atoms with van der Waals surface area (Å²) in [4.78, 5) is 14.7. The van der Waals surface area contributed by atoms with Gasteiger partial charge in [0, 0.05) is 36.8 Å². The Hall–Kier alpha value is -1.50. The topological polar surface area (TPSA) is 64.6 Å². The van der Waals surface area contributed by atoms with Gasteiger partial charge in [-0.1, -0.05) is 12.1 Å². The quantitative estimate of drug-likeness (QED) is 0.722. The van der Waals surface area contributed by atoms with Crippen LogP contribution in [0.4, 0.5) is 4.39 Å². The minimum Gasteiger partial charge on any atom is -0.379 e. The lowest BCUT2D eigenvalue weighted by molar-refractivity contribution is -0.157. The first-order valence-electron chi connectivity index (χ1n) is 10.3. The van der Waals surface area contributed by atoms with Crippen molar-refractivity contribution < 1.29 is 14.3 Å². The van der Waals surface area contributed by atoms with Gasteiger partial charge in [-0.25, -0.2) is 4.39 Å². The minimum atomic E-state index is -1.38. The second-order valence-electron chi connectivity index (χ2n) is 9.87. The average molecular weight is 392 g/mol. The number of hydrogen-bond acceptors (Lipinski definition) is 4. The molecule has 0 saturated carbocycles. The van der Waals surface area contributed by atoms with Gasteiger partial charge in [0.2, 0.25) is 0 Å². The molecule has 2 saturated heterocycles. The van der Waals surface area contributed by atoms with Crippen LogP contribution in [0.25, 0.3) is 0 Å². The molecule has 28 heavy (non-hydrogen) atoms. The number of benzene rings is 1. The maximum atomic E-state index is 13.1. The van der Waals surface area contributed by atoms with E-state index in [0.717, 1.165) is 24.8 Å². The fourth-order valence-corrected chi connectivity index (χ4v) is 4.97. The number of piperidine rings is 2. The van der Waals surface area contributed by atoms with Gasteiger partial charge < -0.3 is 20.6 Å². The molecule has 2 aliphatic rings. The Kier molecular flexibility index (Phi) is 5.86.